The summed E-state index contributed by atoms with van der Waals surface area (Å²) < 4.78 is 1.04. The molecule has 3 aromatic rings. The van der Waals surface area contributed by atoms with Crippen molar-refractivity contribution >= 4 is 45.1 Å². The van der Waals surface area contributed by atoms with Gasteiger partial charge in [0.05, 0.1) is 16.8 Å². The molecule has 1 atom stereocenters. The molecule has 1 aliphatic heterocycles. The van der Waals surface area contributed by atoms with Crippen molar-refractivity contribution in [3.05, 3.63) is 69.4 Å². The van der Waals surface area contributed by atoms with Crippen LogP contribution in [0.3, 0.4) is 0 Å². The van der Waals surface area contributed by atoms with Crippen LogP contribution in [-0.4, -0.2) is 16.9 Å². The van der Waals surface area contributed by atoms with E-state index in [1.165, 1.54) is 56.9 Å². The topological polar surface area (TPSA) is 33.2 Å². The van der Waals surface area contributed by atoms with E-state index in [1.807, 2.05) is 24.4 Å². The highest BCUT2D eigenvalue weighted by Crippen LogP contribution is 2.36. The van der Waals surface area contributed by atoms with Crippen molar-refractivity contribution < 1.29 is 4.79 Å². The van der Waals surface area contributed by atoms with E-state index in [0.717, 1.165) is 38.6 Å². The van der Waals surface area contributed by atoms with Gasteiger partial charge in [0.2, 0.25) is 0 Å². The van der Waals surface area contributed by atoms with E-state index in [4.69, 9.17) is 0 Å². The van der Waals surface area contributed by atoms with Crippen molar-refractivity contribution in [2.45, 2.75) is 77.2 Å². The minimum Gasteiger partial charge on any atom is -0.303 e. The monoisotopic (exact) mass is 540 g/mol. The van der Waals surface area contributed by atoms with Gasteiger partial charge in [-0.15, -0.1) is 0 Å². The molecule has 0 spiro atoms. The van der Waals surface area contributed by atoms with Crippen molar-refractivity contribution in [2.24, 2.45) is 0 Å². The van der Waals surface area contributed by atoms with E-state index in [9.17, 15) is 4.79 Å². The Kier molecular flexibility index (Phi) is 8.17. The molecule has 3 nitrogen and oxygen atoms in total. The number of benzene rings is 2. The maximum atomic E-state index is 13.8. The van der Waals surface area contributed by atoms with E-state index in [-0.39, 0.29) is 11.9 Å². The minimum absolute atomic E-state index is 0.124. The predicted molar refractivity (Wildman–Crippen MR) is 142 cm³/mol. The van der Waals surface area contributed by atoms with Crippen molar-refractivity contribution in [3.8, 4) is 0 Å². The number of carbonyl (C=O) groups excluding carboxylic acids is 1. The molecule has 1 unspecified atom stereocenters. The van der Waals surface area contributed by atoms with Gasteiger partial charge in [-0.05, 0) is 59.2 Å². The molecule has 0 aliphatic carbocycles. The number of nitrogens with zero attached hydrogens (tertiary/aromatic N) is 2. The van der Waals surface area contributed by atoms with Crippen LogP contribution in [0.2, 0.25) is 0 Å². The highest BCUT2D eigenvalue weighted by atomic mass is 127. The molecule has 4 rings (SSSR count). The van der Waals surface area contributed by atoms with Crippen LogP contribution in [0.25, 0.3) is 10.9 Å². The molecule has 0 fully saturated rings. The molecule has 0 bridgehead atoms. The first-order valence-electron chi connectivity index (χ1n) is 12.2. The maximum Gasteiger partial charge on any atom is 0.259 e. The maximum absolute atomic E-state index is 13.8. The second kappa shape index (κ2) is 11.3. The number of halogens is 1. The Morgan fingerprint density at radius 1 is 0.938 bits per heavy atom. The minimum atomic E-state index is 0.124. The van der Waals surface area contributed by atoms with Crippen LogP contribution in [0, 0.1) is 3.57 Å². The van der Waals surface area contributed by atoms with Crippen LogP contribution in [0.4, 0.5) is 5.69 Å². The van der Waals surface area contributed by atoms with Gasteiger partial charge in [-0.1, -0.05) is 88.6 Å². The van der Waals surface area contributed by atoms with Gasteiger partial charge < -0.3 is 4.90 Å². The predicted octanol–water partition coefficient (Wildman–Crippen LogP) is 7.94. The lowest BCUT2D eigenvalue weighted by Gasteiger charge is -2.37. The number of unbranched alkanes of at least 4 members (excludes halogenated alkanes) is 7. The molecule has 2 heterocycles. The number of amides is 1. The number of carbonyl (C=O) groups is 1. The summed E-state index contributed by atoms with van der Waals surface area (Å²) in [7, 11) is 0. The van der Waals surface area contributed by atoms with Crippen LogP contribution in [-0.2, 0) is 6.42 Å². The summed E-state index contributed by atoms with van der Waals surface area (Å²) in [4.78, 5) is 20.5. The van der Waals surface area contributed by atoms with Gasteiger partial charge in [0.1, 0.15) is 0 Å². The summed E-state index contributed by atoms with van der Waals surface area (Å²) >= 11 is 2.30. The van der Waals surface area contributed by atoms with Gasteiger partial charge in [-0.2, -0.15) is 0 Å². The van der Waals surface area contributed by atoms with E-state index in [0.29, 0.717) is 0 Å². The van der Waals surface area contributed by atoms with E-state index in [1.54, 1.807) is 0 Å². The summed E-state index contributed by atoms with van der Waals surface area (Å²) in [6.45, 7) is 2.27. The molecule has 0 N–H and O–H groups in total. The number of rotatable bonds is 10. The molecule has 1 aromatic heterocycles. The third-order valence-electron chi connectivity index (χ3n) is 6.62. The summed E-state index contributed by atoms with van der Waals surface area (Å²) in [5, 5.41) is 1.08. The second-order valence-electron chi connectivity index (χ2n) is 8.92. The number of hydrogen-bond donors (Lipinski definition) is 0. The molecule has 32 heavy (non-hydrogen) atoms. The fraction of sp³-hybridized carbons (Fsp3) is 0.429. The zero-order valence-corrected chi connectivity index (χ0v) is 21.2. The summed E-state index contributed by atoms with van der Waals surface area (Å²) in [6.07, 6.45) is 14.2. The molecular weight excluding hydrogens is 507 g/mol. The van der Waals surface area contributed by atoms with E-state index in [2.05, 4.69) is 69.7 Å². The van der Waals surface area contributed by atoms with E-state index >= 15 is 0 Å². The first kappa shape index (κ1) is 23.2. The molecule has 1 aliphatic rings. The average Bonchev–Trinajstić information content (AvgIpc) is 2.81. The van der Waals surface area contributed by atoms with Crippen LogP contribution in [0.5, 0.6) is 0 Å². The summed E-state index contributed by atoms with van der Waals surface area (Å²) in [5.41, 5.74) is 3.92. The molecule has 0 radical (unpaired) electrons. The Labute approximate surface area is 205 Å². The second-order valence-corrected chi connectivity index (χ2v) is 10.1. The summed E-state index contributed by atoms with van der Waals surface area (Å²) in [6, 6.07) is 16.7. The highest BCUT2D eigenvalue weighted by Gasteiger charge is 2.35. The van der Waals surface area contributed by atoms with Gasteiger partial charge in [-0.3, -0.25) is 9.78 Å². The zero-order valence-electron chi connectivity index (χ0n) is 19.0. The number of aromatic nitrogens is 1. The molecular formula is C28H33IN2O. The van der Waals surface area contributed by atoms with Gasteiger partial charge in [-0.25, -0.2) is 0 Å². The van der Waals surface area contributed by atoms with Gasteiger partial charge in [0.25, 0.3) is 5.91 Å². The zero-order chi connectivity index (χ0) is 22.3. The largest absolute Gasteiger partial charge is 0.303 e. The molecule has 2 aromatic carbocycles. The standard InChI is InChI=1S/C28H33IN2O/c1-2-3-4-5-6-7-8-9-16-23-20-22-14-10-17-24(29)26(22)28(32)31(23)25-18-11-13-21-15-12-19-30-27(21)25/h10-15,17-19,23H,2-9,16,20H2,1H3. The number of hydrogen-bond acceptors (Lipinski definition) is 2. The number of anilines is 1. The normalized spacial score (nSPS) is 15.9. The van der Waals surface area contributed by atoms with Crippen molar-refractivity contribution in [2.75, 3.05) is 4.90 Å². The lowest BCUT2D eigenvalue weighted by molar-refractivity contribution is 0.0964. The van der Waals surface area contributed by atoms with Gasteiger partial charge in [0.15, 0.2) is 0 Å². The smallest absolute Gasteiger partial charge is 0.259 e. The number of para-hydroxylation sites is 1. The first-order valence-corrected chi connectivity index (χ1v) is 13.2. The molecule has 1 amide bonds. The van der Waals surface area contributed by atoms with E-state index < -0.39 is 0 Å². The lowest BCUT2D eigenvalue weighted by atomic mass is 9.89. The molecule has 0 saturated heterocycles. The van der Waals surface area contributed by atoms with Crippen LogP contribution in [0.1, 0.15) is 80.6 Å². The van der Waals surface area contributed by atoms with Crippen molar-refractivity contribution in [1.29, 1.82) is 0 Å². The third-order valence-corrected chi connectivity index (χ3v) is 7.51. The molecule has 4 heteroatoms. The molecule has 0 saturated carbocycles. The fourth-order valence-corrected chi connectivity index (χ4v) is 5.73. The Bertz CT molecular complexity index is 1060. The summed E-state index contributed by atoms with van der Waals surface area (Å²) in [5.74, 6) is 0.124. The highest BCUT2D eigenvalue weighted by molar-refractivity contribution is 14.1. The number of pyridine rings is 1. The average molecular weight is 540 g/mol. The van der Waals surface area contributed by atoms with Gasteiger partial charge >= 0.3 is 0 Å². The number of fused-ring (bicyclic) bond motifs is 2. The van der Waals surface area contributed by atoms with Gasteiger partial charge in [0, 0.05) is 21.2 Å². The lowest BCUT2D eigenvalue weighted by Crippen LogP contribution is -2.46. The van der Waals surface area contributed by atoms with Crippen molar-refractivity contribution in [1.82, 2.24) is 4.98 Å². The van der Waals surface area contributed by atoms with Crippen LogP contribution < -0.4 is 4.90 Å². The quantitative estimate of drug-likeness (QED) is 0.193. The Balaban J connectivity index is 1.55. The van der Waals surface area contributed by atoms with Crippen LogP contribution in [0.15, 0.2) is 54.7 Å². The Hall–Kier alpha value is -1.95. The Morgan fingerprint density at radius 3 is 2.47 bits per heavy atom. The van der Waals surface area contributed by atoms with Crippen molar-refractivity contribution in [3.63, 3.8) is 0 Å². The van der Waals surface area contributed by atoms with Crippen LogP contribution >= 0.6 is 22.6 Å². The SMILES string of the molecule is CCCCCCCCCCC1Cc2cccc(I)c2C(=O)N1c1cccc2cccnc12. The Morgan fingerprint density at radius 2 is 1.66 bits per heavy atom. The third kappa shape index (κ3) is 5.16. The fourth-order valence-electron chi connectivity index (χ4n) is 4.94. The molecule has 168 valence electrons. The first-order chi connectivity index (χ1) is 15.7.